The minimum absolute atomic E-state index is 0.0727. The van der Waals surface area contributed by atoms with E-state index in [0.29, 0.717) is 6.61 Å². The molecule has 0 aliphatic heterocycles. The number of ether oxygens (including phenoxy) is 1. The Morgan fingerprint density at radius 3 is 2.76 bits per heavy atom. The Hall–Kier alpha value is -1.62. The third kappa shape index (κ3) is 3.53. The topological polar surface area (TPSA) is 43.6 Å². The van der Waals surface area contributed by atoms with Gasteiger partial charge in [-0.25, -0.2) is 0 Å². The maximum atomic E-state index is 11.9. The van der Waals surface area contributed by atoms with E-state index >= 15 is 0 Å². The van der Waals surface area contributed by atoms with Crippen LogP contribution in [0.25, 0.3) is 10.2 Å². The second kappa shape index (κ2) is 6.89. The minimum Gasteiger partial charge on any atom is -0.494 e. The molecule has 0 spiro atoms. The summed E-state index contributed by atoms with van der Waals surface area (Å²) in [5.41, 5.74) is 1.11. The number of thiazole rings is 1. The quantitative estimate of drug-likeness (QED) is 0.847. The minimum atomic E-state index is -0.0794. The van der Waals surface area contributed by atoms with Gasteiger partial charge in [-0.1, -0.05) is 32.1 Å². The molecule has 21 heavy (non-hydrogen) atoms. The molecule has 4 nitrogen and oxygen atoms in total. The maximum absolute atomic E-state index is 11.9. The van der Waals surface area contributed by atoms with Crippen molar-refractivity contribution >= 4 is 27.5 Å². The van der Waals surface area contributed by atoms with Crippen molar-refractivity contribution < 1.29 is 9.53 Å². The fourth-order valence-corrected chi connectivity index (χ4v) is 3.15. The monoisotopic (exact) mass is 306 g/mol. The zero-order chi connectivity index (χ0) is 15.4. The Morgan fingerprint density at radius 2 is 2.14 bits per heavy atom. The number of hydrogen-bond acceptors (Lipinski definition) is 3. The van der Waals surface area contributed by atoms with E-state index in [4.69, 9.17) is 4.74 Å². The van der Waals surface area contributed by atoms with Crippen LogP contribution in [0.15, 0.2) is 23.2 Å². The lowest BCUT2D eigenvalue weighted by molar-refractivity contribution is -0.120. The fourth-order valence-electron chi connectivity index (χ4n) is 2.06. The van der Waals surface area contributed by atoms with Gasteiger partial charge in [-0.3, -0.25) is 4.79 Å². The summed E-state index contributed by atoms with van der Waals surface area (Å²) in [7, 11) is 0. The third-order valence-corrected chi connectivity index (χ3v) is 4.15. The molecule has 0 N–H and O–H groups in total. The van der Waals surface area contributed by atoms with Crippen molar-refractivity contribution in [3.63, 3.8) is 0 Å². The molecule has 2 aromatic rings. The van der Waals surface area contributed by atoms with Gasteiger partial charge in [0.15, 0.2) is 4.80 Å². The van der Waals surface area contributed by atoms with Crippen molar-refractivity contribution in [1.82, 2.24) is 4.57 Å². The van der Waals surface area contributed by atoms with Crippen molar-refractivity contribution in [1.29, 1.82) is 0 Å². The summed E-state index contributed by atoms with van der Waals surface area (Å²) in [6.45, 7) is 9.34. The third-order valence-electron chi connectivity index (χ3n) is 3.11. The van der Waals surface area contributed by atoms with Crippen molar-refractivity contribution in [3.05, 3.63) is 23.0 Å². The molecule has 0 fully saturated rings. The number of fused-ring (bicyclic) bond motifs is 1. The predicted octanol–water partition coefficient (Wildman–Crippen LogP) is 3.59. The van der Waals surface area contributed by atoms with Crippen molar-refractivity contribution in [2.24, 2.45) is 10.9 Å². The van der Waals surface area contributed by atoms with E-state index in [2.05, 4.69) is 16.5 Å². The zero-order valence-electron chi connectivity index (χ0n) is 13.0. The van der Waals surface area contributed by atoms with Crippen LogP contribution in [0.1, 0.15) is 34.1 Å². The van der Waals surface area contributed by atoms with Crippen LogP contribution in [-0.2, 0) is 11.3 Å². The Labute approximate surface area is 129 Å². The molecule has 0 radical (unpaired) electrons. The summed E-state index contributed by atoms with van der Waals surface area (Å²) in [4.78, 5) is 17.0. The maximum Gasteiger partial charge on any atom is 0.250 e. The van der Waals surface area contributed by atoms with E-state index < -0.39 is 0 Å². The molecule has 1 aromatic carbocycles. The van der Waals surface area contributed by atoms with Gasteiger partial charge in [-0.15, -0.1) is 0 Å². The lowest BCUT2D eigenvalue weighted by Crippen LogP contribution is -2.18. The Morgan fingerprint density at radius 1 is 1.38 bits per heavy atom. The van der Waals surface area contributed by atoms with Crippen molar-refractivity contribution in [2.75, 3.05) is 6.61 Å². The van der Waals surface area contributed by atoms with E-state index in [-0.39, 0.29) is 11.8 Å². The Bertz CT molecular complexity index is 698. The normalized spacial score (nSPS) is 12.3. The summed E-state index contributed by atoms with van der Waals surface area (Å²) in [5, 5.41) is 0. The largest absolute Gasteiger partial charge is 0.494 e. The predicted molar refractivity (Wildman–Crippen MR) is 86.7 cm³/mol. The van der Waals surface area contributed by atoms with Gasteiger partial charge < -0.3 is 9.30 Å². The lowest BCUT2D eigenvalue weighted by atomic mass is 10.2. The molecule has 1 amide bonds. The van der Waals surface area contributed by atoms with Gasteiger partial charge in [-0.05, 0) is 31.5 Å². The molecule has 0 saturated heterocycles. The summed E-state index contributed by atoms with van der Waals surface area (Å²) >= 11 is 1.55. The smallest absolute Gasteiger partial charge is 0.250 e. The molecule has 2 rings (SSSR count). The average Bonchev–Trinajstić information content (AvgIpc) is 2.77. The van der Waals surface area contributed by atoms with E-state index in [1.54, 1.807) is 11.3 Å². The molecule has 0 atom stereocenters. The van der Waals surface area contributed by atoms with Gasteiger partial charge in [0, 0.05) is 12.5 Å². The Balaban J connectivity index is 2.58. The number of aromatic nitrogens is 1. The number of amides is 1. The van der Waals surface area contributed by atoms with Crippen LogP contribution in [0.4, 0.5) is 0 Å². The SMILES string of the molecule is CCCn1c(=NC(=O)C(C)C)sc2cc(OCC)ccc21. The van der Waals surface area contributed by atoms with E-state index in [1.165, 1.54) is 0 Å². The van der Waals surface area contributed by atoms with Crippen LogP contribution < -0.4 is 9.54 Å². The molecule has 1 aromatic heterocycles. The molecule has 114 valence electrons. The van der Waals surface area contributed by atoms with Gasteiger partial charge in [0.05, 0.1) is 16.8 Å². The van der Waals surface area contributed by atoms with Crippen molar-refractivity contribution in [3.8, 4) is 5.75 Å². The second-order valence-electron chi connectivity index (χ2n) is 5.20. The summed E-state index contributed by atoms with van der Waals surface area (Å²) in [6, 6.07) is 6.04. The molecule has 5 heteroatoms. The molecule has 0 bridgehead atoms. The van der Waals surface area contributed by atoms with Crippen LogP contribution in [0.2, 0.25) is 0 Å². The number of rotatable bonds is 5. The molecular weight excluding hydrogens is 284 g/mol. The molecule has 1 heterocycles. The number of hydrogen-bond donors (Lipinski definition) is 0. The summed E-state index contributed by atoms with van der Waals surface area (Å²) in [6.07, 6.45) is 1.00. The highest BCUT2D eigenvalue weighted by molar-refractivity contribution is 7.16. The van der Waals surface area contributed by atoms with Gasteiger partial charge in [0.1, 0.15) is 5.75 Å². The number of nitrogens with zero attached hydrogens (tertiary/aromatic N) is 2. The van der Waals surface area contributed by atoms with Crippen LogP contribution in [-0.4, -0.2) is 17.1 Å². The molecule has 0 saturated carbocycles. The van der Waals surface area contributed by atoms with E-state index in [0.717, 1.165) is 33.7 Å². The number of carbonyl (C=O) groups excluding carboxylic acids is 1. The highest BCUT2D eigenvalue weighted by Crippen LogP contribution is 2.23. The standard InChI is InChI=1S/C16H22N2O2S/c1-5-9-18-13-8-7-12(20-6-2)10-14(13)21-16(18)17-15(19)11(3)4/h7-8,10-11H,5-6,9H2,1-4H3. The number of benzene rings is 1. The number of carbonyl (C=O) groups is 1. The molecular formula is C16H22N2O2S. The highest BCUT2D eigenvalue weighted by atomic mass is 32.1. The van der Waals surface area contributed by atoms with E-state index in [9.17, 15) is 4.79 Å². The van der Waals surface area contributed by atoms with Gasteiger partial charge in [-0.2, -0.15) is 4.99 Å². The first-order valence-electron chi connectivity index (χ1n) is 7.41. The second-order valence-corrected chi connectivity index (χ2v) is 6.21. The first-order valence-corrected chi connectivity index (χ1v) is 8.23. The Kier molecular flexibility index (Phi) is 5.17. The van der Waals surface area contributed by atoms with E-state index in [1.807, 2.05) is 39.0 Å². The zero-order valence-corrected chi connectivity index (χ0v) is 13.9. The number of aryl methyl sites for hydroxylation is 1. The van der Waals surface area contributed by atoms with Gasteiger partial charge >= 0.3 is 0 Å². The van der Waals surface area contributed by atoms with Crippen LogP contribution in [0, 0.1) is 5.92 Å². The average molecular weight is 306 g/mol. The van der Waals surface area contributed by atoms with Crippen LogP contribution in [0.5, 0.6) is 5.75 Å². The van der Waals surface area contributed by atoms with Gasteiger partial charge in [0.2, 0.25) is 0 Å². The highest BCUT2D eigenvalue weighted by Gasteiger charge is 2.10. The lowest BCUT2D eigenvalue weighted by Gasteiger charge is -2.05. The summed E-state index contributed by atoms with van der Waals surface area (Å²) < 4.78 is 8.76. The summed E-state index contributed by atoms with van der Waals surface area (Å²) in [5.74, 6) is 0.706. The van der Waals surface area contributed by atoms with Crippen LogP contribution >= 0.6 is 11.3 Å². The first kappa shape index (κ1) is 15.8. The first-order chi connectivity index (χ1) is 10.1. The van der Waals surface area contributed by atoms with Crippen LogP contribution in [0.3, 0.4) is 0 Å². The van der Waals surface area contributed by atoms with Gasteiger partial charge in [0.25, 0.3) is 5.91 Å². The molecule has 0 unspecified atom stereocenters. The molecule has 0 aliphatic carbocycles. The molecule has 0 aliphatic rings. The van der Waals surface area contributed by atoms with Crippen molar-refractivity contribution in [2.45, 2.75) is 40.7 Å². The fraction of sp³-hybridized carbons (Fsp3) is 0.500.